The third kappa shape index (κ3) is 7.33. The topological polar surface area (TPSA) is 82.6 Å². The summed E-state index contributed by atoms with van der Waals surface area (Å²) in [6.07, 6.45) is 0.910. The van der Waals surface area contributed by atoms with E-state index in [0.717, 1.165) is 58.1 Å². The van der Waals surface area contributed by atoms with Gasteiger partial charge in [0.05, 0.1) is 13.2 Å². The number of aryl methyl sites for hydroxylation is 1. The van der Waals surface area contributed by atoms with E-state index < -0.39 is 0 Å². The van der Waals surface area contributed by atoms with Gasteiger partial charge in [0.1, 0.15) is 5.69 Å². The number of hydrogen-bond acceptors (Lipinski definition) is 7. The molecule has 0 unspecified atom stereocenters. The zero-order valence-electron chi connectivity index (χ0n) is 15.5. The molecule has 0 spiro atoms. The van der Waals surface area contributed by atoms with Crippen molar-refractivity contribution in [2.24, 2.45) is 0 Å². The van der Waals surface area contributed by atoms with Gasteiger partial charge in [-0.1, -0.05) is 0 Å². The number of carbonyl (C=O) groups is 1. The largest absolute Gasteiger partial charge is 0.379 e. The molecule has 1 aromatic rings. The monoisotopic (exact) mass is 350 g/mol. The Morgan fingerprint density at radius 2 is 2.04 bits per heavy atom. The second-order valence-electron chi connectivity index (χ2n) is 6.51. The maximum absolute atomic E-state index is 12.3. The molecule has 2 heterocycles. The highest BCUT2D eigenvalue weighted by molar-refractivity contribution is 5.92. The number of hydrogen-bond donors (Lipinski definition) is 2. The molecule has 0 bridgehead atoms. The van der Waals surface area contributed by atoms with Crippen molar-refractivity contribution in [2.45, 2.75) is 13.3 Å². The van der Waals surface area contributed by atoms with E-state index in [1.54, 1.807) is 6.07 Å². The van der Waals surface area contributed by atoms with Gasteiger partial charge in [-0.15, -0.1) is 0 Å². The Balaban J connectivity index is 1.80. The molecule has 8 nitrogen and oxygen atoms in total. The molecule has 140 valence electrons. The summed E-state index contributed by atoms with van der Waals surface area (Å²) in [5.41, 5.74) is 1.19. The third-order valence-corrected chi connectivity index (χ3v) is 3.97. The molecular formula is C17H30N6O2. The number of carbonyl (C=O) groups excluding carboxylic acids is 1. The van der Waals surface area contributed by atoms with Gasteiger partial charge in [-0.3, -0.25) is 9.69 Å². The standard InChI is InChI=1S/C17H30N6O2/c1-14-13-15(16(24)18-5-4-7-22(2)3)21-17(20-14)19-6-8-23-9-11-25-12-10-23/h13H,4-12H2,1-3H3,(H,18,24)(H,19,20,21). The van der Waals surface area contributed by atoms with Crippen LogP contribution in [0.25, 0.3) is 0 Å². The van der Waals surface area contributed by atoms with Crippen molar-refractivity contribution in [3.05, 3.63) is 17.5 Å². The number of aromatic nitrogens is 2. The Hall–Kier alpha value is -1.77. The third-order valence-electron chi connectivity index (χ3n) is 3.97. The second-order valence-corrected chi connectivity index (χ2v) is 6.51. The van der Waals surface area contributed by atoms with E-state index in [-0.39, 0.29) is 5.91 Å². The van der Waals surface area contributed by atoms with Gasteiger partial charge in [-0.25, -0.2) is 9.97 Å². The quantitative estimate of drug-likeness (QED) is 0.616. The Bertz CT molecular complexity index is 546. The maximum Gasteiger partial charge on any atom is 0.270 e. The average molecular weight is 350 g/mol. The number of rotatable bonds is 9. The molecular weight excluding hydrogens is 320 g/mol. The lowest BCUT2D eigenvalue weighted by Gasteiger charge is -2.26. The molecule has 1 aromatic heterocycles. The van der Waals surface area contributed by atoms with Crippen LogP contribution in [0.3, 0.4) is 0 Å². The lowest BCUT2D eigenvalue weighted by Crippen LogP contribution is -2.39. The van der Waals surface area contributed by atoms with Gasteiger partial charge in [0, 0.05) is 38.4 Å². The van der Waals surface area contributed by atoms with Crippen LogP contribution in [-0.4, -0.2) is 92.3 Å². The van der Waals surface area contributed by atoms with E-state index in [1.807, 2.05) is 21.0 Å². The molecule has 2 N–H and O–H groups in total. The van der Waals surface area contributed by atoms with Crippen LogP contribution in [0.4, 0.5) is 5.95 Å². The minimum absolute atomic E-state index is 0.152. The SMILES string of the molecule is Cc1cc(C(=O)NCCCN(C)C)nc(NCCN2CCOCC2)n1. The van der Waals surface area contributed by atoms with Crippen LogP contribution < -0.4 is 10.6 Å². The second kappa shape index (κ2) is 10.3. The summed E-state index contributed by atoms with van der Waals surface area (Å²) in [6.45, 7) is 8.60. The number of amides is 1. The van der Waals surface area contributed by atoms with Crippen LogP contribution in [-0.2, 0) is 4.74 Å². The first kappa shape index (κ1) is 19.6. The zero-order chi connectivity index (χ0) is 18.1. The molecule has 0 aromatic carbocycles. The van der Waals surface area contributed by atoms with E-state index in [4.69, 9.17) is 4.74 Å². The highest BCUT2D eigenvalue weighted by Gasteiger charge is 2.12. The van der Waals surface area contributed by atoms with Gasteiger partial charge < -0.3 is 20.3 Å². The molecule has 0 saturated carbocycles. The highest BCUT2D eigenvalue weighted by atomic mass is 16.5. The summed E-state index contributed by atoms with van der Waals surface area (Å²) >= 11 is 0. The van der Waals surface area contributed by atoms with E-state index in [0.29, 0.717) is 18.2 Å². The molecule has 1 aliphatic heterocycles. The fraction of sp³-hybridized carbons (Fsp3) is 0.706. The molecule has 0 atom stereocenters. The summed E-state index contributed by atoms with van der Waals surface area (Å²) in [5.74, 6) is 0.354. The molecule has 0 aliphatic carbocycles. The van der Waals surface area contributed by atoms with Crippen molar-refractivity contribution >= 4 is 11.9 Å². The first-order chi connectivity index (χ1) is 12.0. The van der Waals surface area contributed by atoms with Gasteiger partial charge in [-0.2, -0.15) is 0 Å². The predicted molar refractivity (Wildman–Crippen MR) is 98.0 cm³/mol. The zero-order valence-corrected chi connectivity index (χ0v) is 15.5. The summed E-state index contributed by atoms with van der Waals surface area (Å²) in [5, 5.41) is 6.13. The Morgan fingerprint density at radius 3 is 2.76 bits per heavy atom. The summed E-state index contributed by atoms with van der Waals surface area (Å²) in [6, 6.07) is 1.72. The van der Waals surface area contributed by atoms with Crippen LogP contribution in [0.1, 0.15) is 22.6 Å². The summed E-state index contributed by atoms with van der Waals surface area (Å²) < 4.78 is 5.34. The molecule has 1 amide bonds. The number of ether oxygens (including phenoxy) is 1. The number of anilines is 1. The fourth-order valence-electron chi connectivity index (χ4n) is 2.60. The van der Waals surface area contributed by atoms with Gasteiger partial charge in [0.25, 0.3) is 5.91 Å². The van der Waals surface area contributed by atoms with Gasteiger partial charge in [0.15, 0.2) is 0 Å². The van der Waals surface area contributed by atoms with Crippen LogP contribution in [0.2, 0.25) is 0 Å². The average Bonchev–Trinajstić information content (AvgIpc) is 2.59. The number of nitrogens with one attached hydrogen (secondary N) is 2. The molecule has 1 aliphatic rings. The van der Waals surface area contributed by atoms with Crippen molar-refractivity contribution in [1.82, 2.24) is 25.1 Å². The molecule has 2 rings (SSSR count). The van der Waals surface area contributed by atoms with Gasteiger partial charge >= 0.3 is 0 Å². The van der Waals surface area contributed by atoms with Crippen molar-refractivity contribution < 1.29 is 9.53 Å². The molecule has 1 saturated heterocycles. The molecule has 25 heavy (non-hydrogen) atoms. The van der Waals surface area contributed by atoms with Crippen molar-refractivity contribution in [1.29, 1.82) is 0 Å². The van der Waals surface area contributed by atoms with Crippen molar-refractivity contribution in [3.8, 4) is 0 Å². The first-order valence-corrected chi connectivity index (χ1v) is 8.87. The van der Waals surface area contributed by atoms with Crippen LogP contribution in [0, 0.1) is 6.92 Å². The Labute approximate surface area is 150 Å². The van der Waals surface area contributed by atoms with E-state index in [2.05, 4.69) is 30.4 Å². The summed E-state index contributed by atoms with van der Waals surface area (Å²) in [4.78, 5) is 25.4. The predicted octanol–water partition coefficient (Wildman–Crippen LogP) is 0.211. The van der Waals surface area contributed by atoms with Crippen LogP contribution >= 0.6 is 0 Å². The lowest BCUT2D eigenvalue weighted by atomic mass is 10.3. The number of morpholine rings is 1. The molecule has 1 fully saturated rings. The van der Waals surface area contributed by atoms with Gasteiger partial charge in [-0.05, 0) is 40.1 Å². The minimum atomic E-state index is -0.152. The van der Waals surface area contributed by atoms with Crippen LogP contribution in [0.15, 0.2) is 6.07 Å². The van der Waals surface area contributed by atoms with Crippen molar-refractivity contribution in [3.63, 3.8) is 0 Å². The molecule has 0 radical (unpaired) electrons. The first-order valence-electron chi connectivity index (χ1n) is 8.87. The fourth-order valence-corrected chi connectivity index (χ4v) is 2.60. The summed E-state index contributed by atoms with van der Waals surface area (Å²) in [7, 11) is 4.04. The van der Waals surface area contributed by atoms with E-state index >= 15 is 0 Å². The van der Waals surface area contributed by atoms with Crippen LogP contribution in [0.5, 0.6) is 0 Å². The maximum atomic E-state index is 12.3. The minimum Gasteiger partial charge on any atom is -0.379 e. The lowest BCUT2D eigenvalue weighted by molar-refractivity contribution is 0.0398. The van der Waals surface area contributed by atoms with E-state index in [9.17, 15) is 4.79 Å². The molecule has 8 heteroatoms. The Kier molecular flexibility index (Phi) is 8.03. The number of nitrogens with zero attached hydrogens (tertiary/aromatic N) is 4. The highest BCUT2D eigenvalue weighted by Crippen LogP contribution is 2.05. The van der Waals surface area contributed by atoms with E-state index in [1.165, 1.54) is 0 Å². The Morgan fingerprint density at radius 1 is 1.28 bits per heavy atom. The van der Waals surface area contributed by atoms with Crippen molar-refractivity contribution in [2.75, 3.05) is 71.9 Å². The smallest absolute Gasteiger partial charge is 0.270 e. The van der Waals surface area contributed by atoms with Gasteiger partial charge in [0.2, 0.25) is 5.95 Å². The normalized spacial score (nSPS) is 15.4.